The molecule has 102 valence electrons. The molecule has 0 fully saturated rings. The van der Waals surface area contributed by atoms with E-state index in [2.05, 4.69) is 43.3 Å². The van der Waals surface area contributed by atoms with Crippen LogP contribution in [0.5, 0.6) is 0 Å². The van der Waals surface area contributed by atoms with Crippen LogP contribution in [0.25, 0.3) is 11.1 Å². The molecule has 0 saturated carbocycles. The summed E-state index contributed by atoms with van der Waals surface area (Å²) in [5.41, 5.74) is 3.57. The van der Waals surface area contributed by atoms with Crippen molar-refractivity contribution in [3.05, 3.63) is 82.6 Å². The van der Waals surface area contributed by atoms with Crippen LogP contribution in [0.2, 0.25) is 0 Å². The van der Waals surface area contributed by atoms with Crippen LogP contribution in [-0.4, -0.2) is 4.92 Å². The summed E-state index contributed by atoms with van der Waals surface area (Å²) >= 11 is 0. The summed E-state index contributed by atoms with van der Waals surface area (Å²) in [5.74, 6) is 0.274. The predicted octanol–water partition coefficient (Wildman–Crippen LogP) is 4.64. The van der Waals surface area contributed by atoms with Crippen molar-refractivity contribution in [3.8, 4) is 11.1 Å². The first-order chi connectivity index (χ1) is 9.66. The van der Waals surface area contributed by atoms with Gasteiger partial charge in [-0.05, 0) is 35.1 Å². The summed E-state index contributed by atoms with van der Waals surface area (Å²) in [7, 11) is 0. The summed E-state index contributed by atoms with van der Waals surface area (Å²) in [6, 6.07) is 18.6. The van der Waals surface area contributed by atoms with E-state index in [0.29, 0.717) is 6.42 Å². The Morgan fingerprint density at radius 2 is 1.65 bits per heavy atom. The molecule has 3 heteroatoms. The summed E-state index contributed by atoms with van der Waals surface area (Å²) in [4.78, 5) is 9.81. The van der Waals surface area contributed by atoms with Gasteiger partial charge in [-0.1, -0.05) is 61.5 Å². The highest BCUT2D eigenvalue weighted by atomic mass is 16.6. The largest absolute Gasteiger partial charge is 0.259 e. The molecule has 0 bridgehead atoms. The van der Waals surface area contributed by atoms with Crippen molar-refractivity contribution in [1.82, 2.24) is 0 Å². The smallest absolute Gasteiger partial charge is 0.230 e. The molecule has 2 aromatic rings. The lowest BCUT2D eigenvalue weighted by Gasteiger charge is -2.10. The molecule has 1 atom stereocenters. The molecule has 0 N–H and O–H groups in total. The van der Waals surface area contributed by atoms with Crippen LogP contribution in [-0.2, 0) is 0 Å². The lowest BCUT2D eigenvalue weighted by Crippen LogP contribution is -1.92. The van der Waals surface area contributed by atoms with Crippen molar-refractivity contribution in [2.45, 2.75) is 19.3 Å². The van der Waals surface area contributed by atoms with E-state index in [1.807, 2.05) is 18.2 Å². The molecule has 0 aromatic heterocycles. The number of rotatable bonds is 5. The number of hydrogen-bond acceptors (Lipinski definition) is 2. The summed E-state index contributed by atoms with van der Waals surface area (Å²) in [6.45, 7) is 2.07. The van der Waals surface area contributed by atoms with Gasteiger partial charge >= 0.3 is 0 Å². The van der Waals surface area contributed by atoms with Gasteiger partial charge in [0.15, 0.2) is 0 Å². The highest BCUT2D eigenvalue weighted by Gasteiger charge is 2.05. The zero-order chi connectivity index (χ0) is 14.4. The first-order valence-electron chi connectivity index (χ1n) is 6.62. The van der Waals surface area contributed by atoms with Crippen LogP contribution < -0.4 is 0 Å². The van der Waals surface area contributed by atoms with E-state index in [1.54, 1.807) is 6.08 Å². The molecule has 0 aliphatic rings. The van der Waals surface area contributed by atoms with Gasteiger partial charge in [-0.15, -0.1) is 0 Å². The Morgan fingerprint density at radius 1 is 1.05 bits per heavy atom. The third-order valence-electron chi connectivity index (χ3n) is 3.30. The minimum atomic E-state index is -0.425. The van der Waals surface area contributed by atoms with Gasteiger partial charge in [0.2, 0.25) is 6.20 Å². The second-order valence-electron chi connectivity index (χ2n) is 4.79. The molecule has 0 heterocycles. The Bertz CT molecular complexity index is 588. The Balaban J connectivity index is 2.06. The standard InChI is InChI=1S/C17H17NO2/c1-14(6-5-13-18(19)20)15-9-11-17(12-10-15)16-7-3-2-4-8-16/h2-5,7-14H,6H2,1H3. The molecule has 0 aliphatic carbocycles. The fourth-order valence-corrected chi connectivity index (χ4v) is 2.12. The number of nitro groups is 1. The second kappa shape index (κ2) is 6.66. The molecule has 0 radical (unpaired) electrons. The third kappa shape index (κ3) is 3.79. The van der Waals surface area contributed by atoms with Crippen molar-refractivity contribution in [1.29, 1.82) is 0 Å². The molecule has 2 rings (SSSR count). The summed E-state index contributed by atoms with van der Waals surface area (Å²) in [6.07, 6.45) is 3.29. The fraction of sp³-hybridized carbons (Fsp3) is 0.176. The van der Waals surface area contributed by atoms with Crippen molar-refractivity contribution >= 4 is 0 Å². The first-order valence-corrected chi connectivity index (χ1v) is 6.62. The van der Waals surface area contributed by atoms with Crippen LogP contribution in [0.4, 0.5) is 0 Å². The van der Waals surface area contributed by atoms with Gasteiger partial charge in [0, 0.05) is 0 Å². The summed E-state index contributed by atoms with van der Waals surface area (Å²) < 4.78 is 0. The van der Waals surface area contributed by atoms with Gasteiger partial charge in [-0.3, -0.25) is 10.1 Å². The highest BCUT2D eigenvalue weighted by Crippen LogP contribution is 2.24. The minimum absolute atomic E-state index is 0.274. The van der Waals surface area contributed by atoms with Crippen LogP contribution in [0, 0.1) is 10.1 Å². The van der Waals surface area contributed by atoms with Crippen LogP contribution in [0.1, 0.15) is 24.8 Å². The molecule has 3 nitrogen and oxygen atoms in total. The molecule has 0 saturated heterocycles. The lowest BCUT2D eigenvalue weighted by molar-refractivity contribution is -0.402. The van der Waals surface area contributed by atoms with Gasteiger partial charge in [-0.2, -0.15) is 0 Å². The maximum atomic E-state index is 10.2. The minimum Gasteiger partial charge on any atom is -0.259 e. The van der Waals surface area contributed by atoms with E-state index in [1.165, 1.54) is 16.7 Å². The van der Waals surface area contributed by atoms with E-state index in [0.717, 1.165) is 6.20 Å². The highest BCUT2D eigenvalue weighted by molar-refractivity contribution is 5.63. The van der Waals surface area contributed by atoms with Crippen LogP contribution in [0.3, 0.4) is 0 Å². The van der Waals surface area contributed by atoms with Crippen molar-refractivity contribution in [2.24, 2.45) is 0 Å². The second-order valence-corrected chi connectivity index (χ2v) is 4.79. The van der Waals surface area contributed by atoms with E-state index in [4.69, 9.17) is 0 Å². The molecule has 0 aliphatic heterocycles. The number of benzene rings is 2. The number of hydrogen-bond donors (Lipinski definition) is 0. The molecular formula is C17H17NO2. The fourth-order valence-electron chi connectivity index (χ4n) is 2.12. The van der Waals surface area contributed by atoms with Gasteiger partial charge in [0.1, 0.15) is 0 Å². The average molecular weight is 267 g/mol. The zero-order valence-electron chi connectivity index (χ0n) is 11.4. The average Bonchev–Trinajstić information content (AvgIpc) is 2.48. The van der Waals surface area contributed by atoms with Gasteiger partial charge in [0.25, 0.3) is 0 Å². The van der Waals surface area contributed by atoms with E-state index in [9.17, 15) is 10.1 Å². The van der Waals surface area contributed by atoms with Gasteiger partial charge < -0.3 is 0 Å². The monoisotopic (exact) mass is 267 g/mol. The third-order valence-corrected chi connectivity index (χ3v) is 3.30. The lowest BCUT2D eigenvalue weighted by atomic mass is 9.95. The van der Waals surface area contributed by atoms with Crippen LogP contribution >= 0.6 is 0 Å². The molecule has 20 heavy (non-hydrogen) atoms. The maximum Gasteiger partial charge on any atom is 0.230 e. The summed E-state index contributed by atoms with van der Waals surface area (Å²) in [5, 5.41) is 10.2. The topological polar surface area (TPSA) is 43.1 Å². The van der Waals surface area contributed by atoms with Gasteiger partial charge in [0.05, 0.1) is 4.92 Å². The maximum absolute atomic E-state index is 10.2. The Hall–Kier alpha value is -2.42. The Kier molecular flexibility index (Phi) is 4.66. The molecule has 0 amide bonds. The van der Waals surface area contributed by atoms with Crippen LogP contribution in [0.15, 0.2) is 66.9 Å². The normalized spacial score (nSPS) is 12.4. The number of allylic oxidation sites excluding steroid dienone is 1. The first kappa shape index (κ1) is 14.0. The molecule has 2 aromatic carbocycles. The Labute approximate surface area is 118 Å². The zero-order valence-corrected chi connectivity index (χ0v) is 11.4. The van der Waals surface area contributed by atoms with E-state index in [-0.39, 0.29) is 5.92 Å². The Morgan fingerprint density at radius 3 is 2.25 bits per heavy atom. The van der Waals surface area contributed by atoms with Gasteiger partial charge in [-0.25, -0.2) is 0 Å². The predicted molar refractivity (Wildman–Crippen MR) is 81.0 cm³/mol. The van der Waals surface area contributed by atoms with E-state index < -0.39 is 4.92 Å². The van der Waals surface area contributed by atoms with Crippen molar-refractivity contribution in [2.75, 3.05) is 0 Å². The van der Waals surface area contributed by atoms with Crippen molar-refractivity contribution < 1.29 is 4.92 Å². The number of nitrogens with zero attached hydrogens (tertiary/aromatic N) is 1. The molecule has 0 spiro atoms. The quantitative estimate of drug-likeness (QED) is 0.585. The van der Waals surface area contributed by atoms with E-state index >= 15 is 0 Å². The SMILES string of the molecule is CC(CC=C[N+](=O)[O-])c1ccc(-c2ccccc2)cc1. The molecule has 1 unspecified atom stereocenters. The van der Waals surface area contributed by atoms with Crippen molar-refractivity contribution in [3.63, 3.8) is 0 Å². The molecular weight excluding hydrogens is 250 g/mol.